The fraction of sp³-hybridized carbons (Fsp3) is 0.227. The molecule has 0 aliphatic carbocycles. The number of carbonyl (C=O) groups excluding carboxylic acids is 2. The second kappa shape index (κ2) is 8.21. The van der Waals surface area contributed by atoms with E-state index in [0.717, 1.165) is 5.56 Å². The van der Waals surface area contributed by atoms with Crippen LogP contribution in [0.3, 0.4) is 0 Å². The van der Waals surface area contributed by atoms with Gasteiger partial charge in [-0.25, -0.2) is 14.2 Å². The second-order valence-electron chi connectivity index (χ2n) is 6.77. The van der Waals surface area contributed by atoms with Crippen LogP contribution in [0.2, 0.25) is 0 Å². The lowest BCUT2D eigenvalue weighted by molar-refractivity contribution is -0.141. The first-order chi connectivity index (χ1) is 14.0. The largest absolute Gasteiger partial charge is 0.457 e. The van der Waals surface area contributed by atoms with E-state index in [9.17, 15) is 14.0 Å². The van der Waals surface area contributed by atoms with Crippen LogP contribution in [0.5, 0.6) is 0 Å². The highest BCUT2D eigenvalue weighted by atomic mass is 32.2. The molecule has 2 aromatic carbocycles. The zero-order valence-electron chi connectivity index (χ0n) is 15.8. The zero-order chi connectivity index (χ0) is 20.4. The lowest BCUT2D eigenvalue weighted by Crippen LogP contribution is -2.45. The van der Waals surface area contributed by atoms with Crippen LogP contribution in [0.4, 0.5) is 4.39 Å². The fourth-order valence-electron chi connectivity index (χ4n) is 3.42. The average Bonchev–Trinajstić information content (AvgIpc) is 2.72. The minimum atomic E-state index is -0.688. The molecule has 2 aliphatic heterocycles. The van der Waals surface area contributed by atoms with E-state index in [1.54, 1.807) is 19.1 Å². The highest BCUT2D eigenvalue weighted by molar-refractivity contribution is 8.14. The van der Waals surface area contributed by atoms with Crippen LogP contribution in [-0.4, -0.2) is 27.7 Å². The molecule has 1 atom stereocenters. The molecule has 1 fully saturated rings. The van der Waals surface area contributed by atoms with E-state index in [0.29, 0.717) is 34.2 Å². The molecular formula is C22H19FN2O3S. The van der Waals surface area contributed by atoms with Crippen LogP contribution in [0, 0.1) is 5.82 Å². The van der Waals surface area contributed by atoms with Gasteiger partial charge in [0.2, 0.25) is 5.91 Å². The smallest absolute Gasteiger partial charge is 0.338 e. The van der Waals surface area contributed by atoms with Crippen LogP contribution < -0.4 is 0 Å². The lowest BCUT2D eigenvalue weighted by Gasteiger charge is -2.38. The summed E-state index contributed by atoms with van der Waals surface area (Å²) in [6, 6.07) is 14.5. The molecule has 2 heterocycles. The molecule has 148 valence electrons. The number of benzene rings is 2. The minimum Gasteiger partial charge on any atom is -0.457 e. The summed E-state index contributed by atoms with van der Waals surface area (Å²) in [5.74, 6) is -0.387. The first kappa shape index (κ1) is 19.4. The number of halogens is 1. The summed E-state index contributed by atoms with van der Waals surface area (Å²) in [7, 11) is 0. The van der Waals surface area contributed by atoms with E-state index in [2.05, 4.69) is 4.99 Å². The Kier molecular flexibility index (Phi) is 5.49. The van der Waals surface area contributed by atoms with Gasteiger partial charge in [-0.05, 0) is 30.2 Å². The molecule has 0 spiro atoms. The van der Waals surface area contributed by atoms with Crippen molar-refractivity contribution < 1.29 is 18.7 Å². The number of amidine groups is 1. The normalized spacial score (nSPS) is 19.0. The van der Waals surface area contributed by atoms with Gasteiger partial charge < -0.3 is 4.74 Å². The molecule has 0 unspecified atom stereocenters. The van der Waals surface area contributed by atoms with Crippen molar-refractivity contribution in [2.45, 2.75) is 26.0 Å². The maximum absolute atomic E-state index is 13.5. The Morgan fingerprint density at radius 1 is 1.21 bits per heavy atom. The molecule has 29 heavy (non-hydrogen) atoms. The SMILES string of the molecule is CC1=C(C(=O)OCc2ccccc2)[C@@H](c2ccc(F)cc2)N2C(=O)CCSC2=N1. The van der Waals surface area contributed by atoms with Gasteiger partial charge in [-0.2, -0.15) is 0 Å². The maximum atomic E-state index is 13.5. The lowest BCUT2D eigenvalue weighted by atomic mass is 9.94. The van der Waals surface area contributed by atoms with Crippen LogP contribution in [0.15, 0.2) is 70.9 Å². The summed E-state index contributed by atoms with van der Waals surface area (Å²) in [4.78, 5) is 31.8. The predicted octanol–water partition coefficient (Wildman–Crippen LogP) is 4.22. The van der Waals surface area contributed by atoms with Crippen LogP contribution in [0.25, 0.3) is 0 Å². The van der Waals surface area contributed by atoms with Gasteiger partial charge >= 0.3 is 5.97 Å². The topological polar surface area (TPSA) is 59.0 Å². The Morgan fingerprint density at radius 2 is 1.93 bits per heavy atom. The fourth-order valence-corrected chi connectivity index (χ4v) is 4.43. The highest BCUT2D eigenvalue weighted by Gasteiger charge is 2.41. The highest BCUT2D eigenvalue weighted by Crippen LogP contribution is 2.40. The summed E-state index contributed by atoms with van der Waals surface area (Å²) < 4.78 is 19.0. The molecule has 2 aliphatic rings. The molecule has 0 saturated carbocycles. The van der Waals surface area contributed by atoms with Crippen LogP contribution >= 0.6 is 11.8 Å². The van der Waals surface area contributed by atoms with Gasteiger partial charge in [0.1, 0.15) is 12.4 Å². The predicted molar refractivity (Wildman–Crippen MR) is 109 cm³/mol. The van der Waals surface area contributed by atoms with E-state index in [1.807, 2.05) is 30.3 Å². The van der Waals surface area contributed by atoms with Crippen molar-refractivity contribution in [3.05, 3.63) is 82.8 Å². The van der Waals surface area contributed by atoms with Crippen molar-refractivity contribution >= 4 is 28.8 Å². The van der Waals surface area contributed by atoms with Gasteiger partial charge in [-0.1, -0.05) is 54.2 Å². The van der Waals surface area contributed by atoms with E-state index in [1.165, 1.54) is 28.8 Å². The van der Waals surface area contributed by atoms with Gasteiger partial charge in [0.15, 0.2) is 5.17 Å². The summed E-state index contributed by atoms with van der Waals surface area (Å²) >= 11 is 1.47. The third kappa shape index (κ3) is 3.96. The Bertz CT molecular complexity index is 1000. The monoisotopic (exact) mass is 410 g/mol. The van der Waals surface area contributed by atoms with E-state index in [-0.39, 0.29) is 18.3 Å². The summed E-state index contributed by atoms with van der Waals surface area (Å²) in [6.45, 7) is 1.85. The van der Waals surface area contributed by atoms with E-state index in [4.69, 9.17) is 4.74 Å². The molecule has 4 rings (SSSR count). The van der Waals surface area contributed by atoms with E-state index >= 15 is 0 Å². The summed E-state index contributed by atoms with van der Waals surface area (Å²) in [5.41, 5.74) is 2.31. The maximum Gasteiger partial charge on any atom is 0.338 e. The molecular weight excluding hydrogens is 391 g/mol. The van der Waals surface area contributed by atoms with Crippen molar-refractivity contribution in [2.24, 2.45) is 4.99 Å². The minimum absolute atomic E-state index is 0.113. The molecule has 1 amide bonds. The number of carbonyl (C=O) groups is 2. The number of allylic oxidation sites excluding steroid dienone is 1. The van der Waals surface area contributed by atoms with Gasteiger partial charge in [-0.3, -0.25) is 9.69 Å². The van der Waals surface area contributed by atoms with Crippen molar-refractivity contribution in [1.29, 1.82) is 0 Å². The van der Waals surface area contributed by atoms with Gasteiger partial charge in [0.25, 0.3) is 0 Å². The molecule has 0 radical (unpaired) electrons. The van der Waals surface area contributed by atoms with Gasteiger partial charge in [-0.15, -0.1) is 0 Å². The van der Waals surface area contributed by atoms with Crippen molar-refractivity contribution in [3.63, 3.8) is 0 Å². The quantitative estimate of drug-likeness (QED) is 0.708. The Morgan fingerprint density at radius 3 is 2.66 bits per heavy atom. The summed E-state index contributed by atoms with van der Waals surface area (Å²) in [6.07, 6.45) is 0.354. The van der Waals surface area contributed by atoms with Gasteiger partial charge in [0, 0.05) is 12.2 Å². The molecule has 1 saturated heterocycles. The first-order valence-electron chi connectivity index (χ1n) is 9.25. The Hall–Kier alpha value is -2.93. The number of ether oxygens (including phenoxy) is 1. The Balaban J connectivity index is 1.71. The first-order valence-corrected chi connectivity index (χ1v) is 10.2. The van der Waals surface area contributed by atoms with E-state index < -0.39 is 12.0 Å². The number of nitrogens with zero attached hydrogens (tertiary/aromatic N) is 2. The molecule has 0 N–H and O–H groups in total. The van der Waals surface area contributed by atoms with Gasteiger partial charge in [0.05, 0.1) is 17.3 Å². The third-order valence-electron chi connectivity index (χ3n) is 4.83. The molecule has 0 bridgehead atoms. The Labute approximate surface area is 172 Å². The summed E-state index contributed by atoms with van der Waals surface area (Å²) in [5, 5.41) is 0.563. The van der Waals surface area contributed by atoms with Crippen LogP contribution in [0.1, 0.15) is 30.5 Å². The number of amides is 1. The number of aliphatic imine (C=N–C) groups is 1. The number of fused-ring (bicyclic) bond motifs is 1. The molecule has 2 aromatic rings. The van der Waals surface area contributed by atoms with Crippen molar-refractivity contribution in [3.8, 4) is 0 Å². The molecule has 0 aromatic heterocycles. The average molecular weight is 410 g/mol. The second-order valence-corrected chi connectivity index (χ2v) is 7.83. The zero-order valence-corrected chi connectivity index (χ0v) is 16.6. The number of hydrogen-bond donors (Lipinski definition) is 0. The molecule has 7 heteroatoms. The number of esters is 1. The van der Waals surface area contributed by atoms with Crippen molar-refractivity contribution in [2.75, 3.05) is 5.75 Å². The number of thioether (sulfide) groups is 1. The van der Waals surface area contributed by atoms with Crippen LogP contribution in [-0.2, 0) is 20.9 Å². The standard InChI is InChI=1S/C22H19FN2O3S/c1-14-19(21(27)28-13-15-5-3-2-4-6-15)20(16-7-9-17(23)10-8-16)25-18(26)11-12-29-22(25)24-14/h2-10,20H,11-13H2,1H3/t20-/m1/s1. The van der Waals surface area contributed by atoms with Crippen molar-refractivity contribution in [1.82, 2.24) is 4.90 Å². The number of rotatable bonds is 4. The third-order valence-corrected chi connectivity index (χ3v) is 5.78. The number of hydrogen-bond acceptors (Lipinski definition) is 5. The molecule has 5 nitrogen and oxygen atoms in total.